The molecule has 0 aliphatic carbocycles. The molecule has 0 aromatic rings. The van der Waals surface area contributed by atoms with Gasteiger partial charge in [-0.25, -0.2) is 0 Å². The van der Waals surface area contributed by atoms with Crippen molar-refractivity contribution in [2.24, 2.45) is 5.73 Å². The van der Waals surface area contributed by atoms with E-state index < -0.39 is 0 Å². The van der Waals surface area contributed by atoms with E-state index in [1.165, 1.54) is 57.8 Å². The first kappa shape index (κ1) is 59.2. The monoisotopic (exact) mass is 894 g/mol. The lowest BCUT2D eigenvalue weighted by molar-refractivity contribution is -0.152. The van der Waals surface area contributed by atoms with Crippen molar-refractivity contribution >= 4 is 17.9 Å². The second-order valence-corrected chi connectivity index (χ2v) is 18.7. The van der Waals surface area contributed by atoms with Crippen LogP contribution in [0.4, 0.5) is 0 Å². The number of nitrogens with two attached hydrogens (primary N) is 1. The van der Waals surface area contributed by atoms with Crippen LogP contribution in [0.2, 0.25) is 0 Å². The van der Waals surface area contributed by atoms with Gasteiger partial charge in [-0.05, 0) is 57.8 Å². The van der Waals surface area contributed by atoms with Gasteiger partial charge in [0, 0.05) is 85.1 Å². The zero-order valence-corrected chi connectivity index (χ0v) is 42.3. The van der Waals surface area contributed by atoms with Gasteiger partial charge in [0.1, 0.15) is 18.3 Å². The first-order valence-corrected chi connectivity index (χ1v) is 26.9. The van der Waals surface area contributed by atoms with Gasteiger partial charge in [0.05, 0.1) is 19.3 Å². The molecule has 0 amide bonds. The molecule has 11 heteroatoms. The molecule has 0 radical (unpaired) electrons. The van der Waals surface area contributed by atoms with Gasteiger partial charge in [-0.3, -0.25) is 24.2 Å². The summed E-state index contributed by atoms with van der Waals surface area (Å²) >= 11 is 0. The fraction of sp³-hybridized carbons (Fsp3) is 0.942. The fourth-order valence-electron chi connectivity index (χ4n) is 8.62. The van der Waals surface area contributed by atoms with E-state index >= 15 is 0 Å². The molecule has 63 heavy (non-hydrogen) atoms. The van der Waals surface area contributed by atoms with Crippen LogP contribution in [-0.4, -0.2) is 141 Å². The van der Waals surface area contributed by atoms with Gasteiger partial charge >= 0.3 is 17.9 Å². The number of carbonyl (C=O) groups excluding carboxylic acids is 3. The zero-order valence-electron chi connectivity index (χ0n) is 42.3. The molecule has 1 heterocycles. The molecular formula is C52H103N5O6. The Morgan fingerprint density at radius 3 is 1.03 bits per heavy atom. The van der Waals surface area contributed by atoms with Crippen molar-refractivity contribution in [2.45, 2.75) is 233 Å². The Balaban J connectivity index is 3.12. The van der Waals surface area contributed by atoms with Gasteiger partial charge in [0.15, 0.2) is 0 Å². The summed E-state index contributed by atoms with van der Waals surface area (Å²) in [5, 5.41) is 0. The first-order valence-electron chi connectivity index (χ1n) is 26.9. The summed E-state index contributed by atoms with van der Waals surface area (Å²) in [6.07, 6.45) is 27.0. The van der Waals surface area contributed by atoms with Gasteiger partial charge in [-0.1, -0.05) is 138 Å². The summed E-state index contributed by atoms with van der Waals surface area (Å²) in [5.41, 5.74) is 5.85. The summed E-state index contributed by atoms with van der Waals surface area (Å²) in [6, 6.07) is 0. The Morgan fingerprint density at radius 1 is 0.413 bits per heavy atom. The molecule has 2 N–H and O–H groups in total. The van der Waals surface area contributed by atoms with Crippen molar-refractivity contribution < 1.29 is 28.6 Å². The second-order valence-electron chi connectivity index (χ2n) is 18.7. The number of ether oxygens (including phenoxy) is 3. The number of hydrogen-bond donors (Lipinski definition) is 1. The van der Waals surface area contributed by atoms with Crippen molar-refractivity contribution in [2.75, 3.05) is 85.1 Å². The van der Waals surface area contributed by atoms with Gasteiger partial charge in [-0.15, -0.1) is 0 Å². The molecule has 372 valence electrons. The Morgan fingerprint density at radius 2 is 0.714 bits per heavy atom. The SMILES string of the molecule is CCCCCCC(CCCC)OC(=O)CCN(CCC(=O)OC(CCCC)CCCCCC)CCN(CCC(=O)OC(CCCC)CCCCCC)CCN1CCN(CCN)CC1. The lowest BCUT2D eigenvalue weighted by Gasteiger charge is -2.36. The number of unbranched alkanes of at least 4 members (excludes halogenated alkanes) is 12. The van der Waals surface area contributed by atoms with Crippen LogP contribution in [0.15, 0.2) is 0 Å². The van der Waals surface area contributed by atoms with Crippen LogP contribution in [0.5, 0.6) is 0 Å². The predicted octanol–water partition coefficient (Wildman–Crippen LogP) is 10.6. The van der Waals surface area contributed by atoms with Gasteiger partial charge < -0.3 is 29.7 Å². The lowest BCUT2D eigenvalue weighted by atomic mass is 10.0. The van der Waals surface area contributed by atoms with Crippen molar-refractivity contribution in [1.29, 1.82) is 0 Å². The Hall–Kier alpha value is -1.79. The van der Waals surface area contributed by atoms with Crippen LogP contribution >= 0.6 is 0 Å². The van der Waals surface area contributed by atoms with E-state index in [1.807, 2.05) is 0 Å². The minimum atomic E-state index is -0.147. The van der Waals surface area contributed by atoms with Crippen LogP contribution in [0, 0.1) is 0 Å². The Bertz CT molecular complexity index is 1030. The largest absolute Gasteiger partial charge is 0.462 e. The summed E-state index contributed by atoms with van der Waals surface area (Å²) < 4.78 is 18.4. The van der Waals surface area contributed by atoms with E-state index in [1.54, 1.807) is 0 Å². The number of piperazine rings is 1. The third-order valence-electron chi connectivity index (χ3n) is 12.9. The molecule has 1 aliphatic heterocycles. The Labute approximate surface area is 389 Å². The van der Waals surface area contributed by atoms with Crippen LogP contribution < -0.4 is 5.73 Å². The van der Waals surface area contributed by atoms with Crippen molar-refractivity contribution in [1.82, 2.24) is 19.6 Å². The van der Waals surface area contributed by atoms with E-state index in [-0.39, 0.29) is 36.2 Å². The average Bonchev–Trinajstić information content (AvgIpc) is 3.28. The van der Waals surface area contributed by atoms with E-state index in [0.29, 0.717) is 52.0 Å². The highest BCUT2D eigenvalue weighted by Crippen LogP contribution is 2.18. The summed E-state index contributed by atoms with van der Waals surface area (Å²) in [5.74, 6) is -0.396. The van der Waals surface area contributed by atoms with Crippen LogP contribution in [0.1, 0.15) is 215 Å². The summed E-state index contributed by atoms with van der Waals surface area (Å²) in [7, 11) is 0. The van der Waals surface area contributed by atoms with E-state index in [9.17, 15) is 14.4 Å². The van der Waals surface area contributed by atoms with Crippen LogP contribution in [-0.2, 0) is 28.6 Å². The molecule has 1 fully saturated rings. The molecule has 1 rings (SSSR count). The molecule has 1 aliphatic rings. The normalized spacial score (nSPS) is 15.2. The summed E-state index contributed by atoms with van der Waals surface area (Å²) in [4.78, 5) is 49.9. The number of carbonyl (C=O) groups is 3. The van der Waals surface area contributed by atoms with Gasteiger partial charge in [0.25, 0.3) is 0 Å². The van der Waals surface area contributed by atoms with Gasteiger partial charge in [0.2, 0.25) is 0 Å². The van der Waals surface area contributed by atoms with Crippen molar-refractivity contribution in [3.8, 4) is 0 Å². The molecule has 0 aromatic carbocycles. The molecule has 3 unspecified atom stereocenters. The van der Waals surface area contributed by atoms with E-state index in [2.05, 4.69) is 61.1 Å². The predicted molar refractivity (Wildman–Crippen MR) is 263 cm³/mol. The third kappa shape index (κ3) is 33.4. The highest BCUT2D eigenvalue weighted by atomic mass is 16.6. The smallest absolute Gasteiger partial charge is 0.307 e. The zero-order chi connectivity index (χ0) is 46.2. The molecule has 0 spiro atoms. The maximum atomic E-state index is 13.4. The molecular weight excluding hydrogens is 791 g/mol. The van der Waals surface area contributed by atoms with E-state index in [4.69, 9.17) is 19.9 Å². The summed E-state index contributed by atoms with van der Waals surface area (Å²) in [6.45, 7) is 23.8. The van der Waals surface area contributed by atoms with Gasteiger partial charge in [-0.2, -0.15) is 0 Å². The average molecular weight is 894 g/mol. The number of esters is 3. The van der Waals surface area contributed by atoms with Crippen LogP contribution in [0.25, 0.3) is 0 Å². The molecule has 1 saturated heterocycles. The van der Waals surface area contributed by atoms with Crippen LogP contribution in [0.3, 0.4) is 0 Å². The maximum absolute atomic E-state index is 13.4. The highest BCUT2D eigenvalue weighted by molar-refractivity contribution is 5.70. The number of nitrogens with zero attached hydrogens (tertiary/aromatic N) is 4. The highest BCUT2D eigenvalue weighted by Gasteiger charge is 2.22. The molecule has 11 nitrogen and oxygen atoms in total. The maximum Gasteiger partial charge on any atom is 0.307 e. The Kier molecular flexibility index (Phi) is 39.1. The lowest BCUT2D eigenvalue weighted by Crippen LogP contribution is -2.50. The standard InChI is InChI=1S/C52H103N5O6/c1-7-13-19-22-28-47(25-16-10-4)61-50(58)31-35-54(36-32-51(59)62-48(26-17-11-5)29-23-20-14-8-2)39-40-55(41-44-57-45-42-56(38-34-53)43-46-57)37-33-52(60)63-49(27-18-12-6)30-24-21-15-9-3/h47-49H,7-46,53H2,1-6H3. The number of hydrogen-bond acceptors (Lipinski definition) is 11. The third-order valence-corrected chi connectivity index (χ3v) is 12.9. The number of rotatable bonds is 44. The van der Waals surface area contributed by atoms with Crippen molar-refractivity contribution in [3.63, 3.8) is 0 Å². The minimum absolute atomic E-state index is 0.00148. The first-order chi connectivity index (χ1) is 30.7. The second kappa shape index (κ2) is 41.6. The van der Waals surface area contributed by atoms with E-state index in [0.717, 1.165) is 149 Å². The molecule has 0 bridgehead atoms. The quantitative estimate of drug-likeness (QED) is 0.0358. The topological polar surface area (TPSA) is 118 Å². The minimum Gasteiger partial charge on any atom is -0.462 e. The molecule has 0 aromatic heterocycles. The van der Waals surface area contributed by atoms with Crippen molar-refractivity contribution in [3.05, 3.63) is 0 Å². The fourth-order valence-corrected chi connectivity index (χ4v) is 8.62. The molecule has 0 saturated carbocycles. The molecule has 3 atom stereocenters.